The molecule has 1 saturated carbocycles. The van der Waals surface area contributed by atoms with Gasteiger partial charge in [0.15, 0.2) is 11.6 Å². The Morgan fingerprint density at radius 1 is 1.21 bits per heavy atom. The fourth-order valence-electron chi connectivity index (χ4n) is 3.83. The Hall–Kier alpha value is -4.21. The molecule has 0 spiro atoms. The highest BCUT2D eigenvalue weighted by Crippen LogP contribution is 2.30. The maximum absolute atomic E-state index is 13.4. The number of carbonyl (C=O) groups excluding carboxylic acids is 2. The van der Waals surface area contributed by atoms with Crippen LogP contribution in [0.3, 0.4) is 0 Å². The van der Waals surface area contributed by atoms with Crippen LogP contribution < -0.4 is 10.5 Å². The third-order valence-electron chi connectivity index (χ3n) is 5.90. The molecule has 10 heteroatoms. The molecule has 0 bridgehead atoms. The first kappa shape index (κ1) is 21.6. The molecule has 5 rings (SSSR count). The summed E-state index contributed by atoms with van der Waals surface area (Å²) in [5.74, 6) is 1.06. The van der Waals surface area contributed by atoms with Crippen molar-refractivity contribution in [3.8, 4) is 17.3 Å². The number of anilines is 1. The van der Waals surface area contributed by atoms with Gasteiger partial charge in [-0.05, 0) is 57.0 Å². The van der Waals surface area contributed by atoms with Gasteiger partial charge >= 0.3 is 0 Å². The number of pyridine rings is 1. The molecule has 0 N–H and O–H groups in total. The molecule has 1 aromatic carbocycles. The summed E-state index contributed by atoms with van der Waals surface area (Å²) in [5.41, 5.74) is 1.20. The predicted molar refractivity (Wildman–Crippen MR) is 126 cm³/mol. The number of nitrogens with zero attached hydrogens (tertiary/aromatic N) is 7. The van der Waals surface area contributed by atoms with Crippen LogP contribution in [0.4, 0.5) is 5.69 Å². The number of benzene rings is 1. The molecule has 0 aliphatic heterocycles. The Balaban J connectivity index is 1.54. The van der Waals surface area contributed by atoms with Crippen LogP contribution in [0.2, 0.25) is 0 Å². The van der Waals surface area contributed by atoms with Crippen LogP contribution in [0.5, 0.6) is 0 Å². The minimum atomic E-state index is -0.332. The number of fused-ring (bicyclic) bond motifs is 1. The van der Waals surface area contributed by atoms with E-state index in [1.165, 1.54) is 15.8 Å². The molecule has 1 amide bonds. The van der Waals surface area contributed by atoms with E-state index in [4.69, 9.17) is 0 Å². The first-order valence-electron chi connectivity index (χ1n) is 11.1. The summed E-state index contributed by atoms with van der Waals surface area (Å²) in [7, 11) is 0. The number of carbonyl (C=O) groups is 2. The molecule has 1 aliphatic carbocycles. The molecule has 34 heavy (non-hydrogen) atoms. The van der Waals surface area contributed by atoms with Gasteiger partial charge in [0, 0.05) is 17.6 Å². The average molecular weight is 457 g/mol. The third-order valence-corrected chi connectivity index (χ3v) is 5.90. The van der Waals surface area contributed by atoms with Gasteiger partial charge < -0.3 is 9.47 Å². The fourth-order valence-corrected chi connectivity index (χ4v) is 3.83. The van der Waals surface area contributed by atoms with Crippen molar-refractivity contribution < 1.29 is 9.59 Å². The molecule has 1 aliphatic rings. The van der Waals surface area contributed by atoms with E-state index < -0.39 is 0 Å². The lowest BCUT2D eigenvalue weighted by molar-refractivity contribution is -0.120. The highest BCUT2D eigenvalue weighted by atomic mass is 16.1. The van der Waals surface area contributed by atoms with Gasteiger partial charge in [0.2, 0.25) is 6.41 Å². The molecule has 172 valence electrons. The molecule has 0 saturated heterocycles. The lowest BCUT2D eigenvalue weighted by Crippen LogP contribution is -2.29. The number of ketones is 1. The molecular formula is C24H23N7O3. The van der Waals surface area contributed by atoms with Crippen LogP contribution >= 0.6 is 0 Å². The maximum Gasteiger partial charge on any atom is 0.267 e. The van der Waals surface area contributed by atoms with Crippen molar-refractivity contribution in [2.24, 2.45) is 5.92 Å². The van der Waals surface area contributed by atoms with E-state index in [1.54, 1.807) is 36.7 Å². The number of rotatable bonds is 8. The van der Waals surface area contributed by atoms with Crippen molar-refractivity contribution in [2.75, 3.05) is 11.4 Å². The van der Waals surface area contributed by atoms with E-state index in [9.17, 15) is 14.4 Å². The van der Waals surface area contributed by atoms with E-state index in [2.05, 4.69) is 20.2 Å². The number of hydrogen-bond donors (Lipinski definition) is 0. The van der Waals surface area contributed by atoms with Gasteiger partial charge in [-0.25, -0.2) is 9.97 Å². The Morgan fingerprint density at radius 2 is 2.03 bits per heavy atom. The van der Waals surface area contributed by atoms with Crippen LogP contribution in [0.15, 0.2) is 53.8 Å². The van der Waals surface area contributed by atoms with E-state index in [-0.39, 0.29) is 29.8 Å². The van der Waals surface area contributed by atoms with Gasteiger partial charge in [-0.15, -0.1) is 10.2 Å². The second kappa shape index (κ2) is 8.62. The Kier molecular flexibility index (Phi) is 5.48. The molecule has 3 aromatic heterocycles. The summed E-state index contributed by atoms with van der Waals surface area (Å²) in [6.07, 6.45) is 5.44. The second-order valence-electron chi connectivity index (χ2n) is 8.63. The highest BCUT2D eigenvalue weighted by Gasteiger charge is 2.30. The number of Topliss-reactive ketones (excluding diaryl/α,β-unsaturated/α-hetero) is 1. The van der Waals surface area contributed by atoms with Crippen molar-refractivity contribution in [1.29, 1.82) is 0 Å². The largest absolute Gasteiger partial charge is 0.310 e. The summed E-state index contributed by atoms with van der Waals surface area (Å²) < 4.78 is 3.25. The summed E-state index contributed by atoms with van der Waals surface area (Å²) in [4.78, 5) is 47.6. The van der Waals surface area contributed by atoms with E-state index in [0.717, 1.165) is 12.8 Å². The van der Waals surface area contributed by atoms with Crippen molar-refractivity contribution in [1.82, 2.24) is 29.3 Å². The molecule has 10 nitrogen and oxygen atoms in total. The number of amides is 1. The van der Waals surface area contributed by atoms with Crippen molar-refractivity contribution in [2.45, 2.75) is 32.7 Å². The quantitative estimate of drug-likeness (QED) is 0.373. The van der Waals surface area contributed by atoms with Crippen LogP contribution in [-0.2, 0) is 9.59 Å². The van der Waals surface area contributed by atoms with Crippen molar-refractivity contribution in [3.05, 3.63) is 59.4 Å². The van der Waals surface area contributed by atoms with Gasteiger partial charge in [-0.3, -0.25) is 19.0 Å². The van der Waals surface area contributed by atoms with Gasteiger partial charge in [-0.1, -0.05) is 6.07 Å². The fraction of sp³-hybridized carbons (Fsp3) is 0.292. The minimum Gasteiger partial charge on any atom is -0.310 e. The van der Waals surface area contributed by atoms with E-state index in [0.29, 0.717) is 40.3 Å². The predicted octanol–water partition coefficient (Wildman–Crippen LogP) is 2.56. The lowest BCUT2D eigenvalue weighted by Gasteiger charge is -2.17. The van der Waals surface area contributed by atoms with Crippen LogP contribution in [-0.4, -0.2) is 48.0 Å². The Labute approximate surface area is 194 Å². The first-order valence-corrected chi connectivity index (χ1v) is 11.1. The molecular weight excluding hydrogens is 434 g/mol. The first-order chi connectivity index (χ1) is 16.5. The SMILES string of the molecule is CC(C)n1cnnc1-c1cccc(-n2cnc3ccc(N(C=O)CC(=O)C4CC4)cc3c2=O)n1. The lowest BCUT2D eigenvalue weighted by atomic mass is 10.2. The standard InChI is InChI=1S/C24H23N7O3/c1-15(2)30-13-26-28-23(30)20-4-3-5-22(27-20)31-12-25-19-9-8-17(10-18(19)24(31)34)29(14-32)11-21(33)16-6-7-16/h3-5,8-10,12-16H,6-7,11H2,1-2H3. The molecule has 3 heterocycles. The summed E-state index contributed by atoms with van der Waals surface area (Å²) in [5, 5.41) is 8.48. The number of aromatic nitrogens is 6. The summed E-state index contributed by atoms with van der Waals surface area (Å²) in [6.45, 7) is 4.04. The highest BCUT2D eigenvalue weighted by molar-refractivity contribution is 5.94. The second-order valence-corrected chi connectivity index (χ2v) is 8.63. The molecule has 0 unspecified atom stereocenters. The zero-order valence-electron chi connectivity index (χ0n) is 18.8. The average Bonchev–Trinajstić information content (AvgIpc) is 3.58. The van der Waals surface area contributed by atoms with Crippen LogP contribution in [0.25, 0.3) is 28.2 Å². The summed E-state index contributed by atoms with van der Waals surface area (Å²) in [6, 6.07) is 10.4. The smallest absolute Gasteiger partial charge is 0.267 e. The monoisotopic (exact) mass is 457 g/mol. The zero-order chi connectivity index (χ0) is 23.8. The normalized spacial score (nSPS) is 13.4. The van der Waals surface area contributed by atoms with Gasteiger partial charge in [-0.2, -0.15) is 0 Å². The Morgan fingerprint density at radius 3 is 2.76 bits per heavy atom. The molecule has 0 atom stereocenters. The topological polar surface area (TPSA) is 116 Å². The van der Waals surface area contributed by atoms with Crippen molar-refractivity contribution in [3.63, 3.8) is 0 Å². The van der Waals surface area contributed by atoms with E-state index >= 15 is 0 Å². The molecule has 0 radical (unpaired) electrons. The zero-order valence-corrected chi connectivity index (χ0v) is 18.8. The molecule has 4 aromatic rings. The van der Waals surface area contributed by atoms with Crippen LogP contribution in [0.1, 0.15) is 32.7 Å². The van der Waals surface area contributed by atoms with E-state index in [1.807, 2.05) is 24.5 Å². The van der Waals surface area contributed by atoms with Crippen LogP contribution in [0, 0.1) is 5.92 Å². The van der Waals surface area contributed by atoms with Crippen molar-refractivity contribution >= 4 is 28.8 Å². The maximum atomic E-state index is 13.4. The van der Waals surface area contributed by atoms with Gasteiger partial charge in [0.25, 0.3) is 5.56 Å². The number of hydrogen-bond acceptors (Lipinski definition) is 7. The molecule has 1 fully saturated rings. The van der Waals surface area contributed by atoms with Gasteiger partial charge in [0.1, 0.15) is 24.2 Å². The minimum absolute atomic E-state index is 0.00569. The Bertz CT molecular complexity index is 1450. The summed E-state index contributed by atoms with van der Waals surface area (Å²) >= 11 is 0. The third kappa shape index (κ3) is 3.98. The van der Waals surface area contributed by atoms with Gasteiger partial charge in [0.05, 0.1) is 17.4 Å².